The van der Waals surface area contributed by atoms with E-state index in [1.807, 2.05) is 6.92 Å². The minimum Gasteiger partial charge on any atom is -0.381 e. The molecule has 0 aromatic heterocycles. The largest absolute Gasteiger partial charge is 0.381 e. The van der Waals surface area contributed by atoms with Gasteiger partial charge >= 0.3 is 0 Å². The minimum absolute atomic E-state index is 0.169. The Balaban J connectivity index is 1.88. The molecule has 0 spiro atoms. The van der Waals surface area contributed by atoms with Crippen LogP contribution in [0.25, 0.3) is 0 Å². The van der Waals surface area contributed by atoms with E-state index in [1.165, 1.54) is 25.7 Å². The first kappa shape index (κ1) is 19.2. The Morgan fingerprint density at radius 1 is 1.12 bits per heavy atom. The van der Waals surface area contributed by atoms with Crippen molar-refractivity contribution in [3.63, 3.8) is 0 Å². The van der Waals surface area contributed by atoms with Crippen molar-refractivity contribution < 1.29 is 14.7 Å². The van der Waals surface area contributed by atoms with Crippen LogP contribution in [-0.2, 0) is 9.59 Å². The number of nitrogens with zero attached hydrogens (tertiary/aromatic N) is 1. The molecule has 2 N–H and O–H groups in total. The quantitative estimate of drug-likeness (QED) is 0.668. The van der Waals surface area contributed by atoms with Gasteiger partial charge in [0.15, 0.2) is 6.10 Å². The highest BCUT2D eigenvalue weighted by Crippen LogP contribution is 2.25. The van der Waals surface area contributed by atoms with Gasteiger partial charge in [-0.3, -0.25) is 9.59 Å². The van der Waals surface area contributed by atoms with Crippen LogP contribution in [0, 0.1) is 5.92 Å². The van der Waals surface area contributed by atoms with Crippen LogP contribution in [-0.4, -0.2) is 47.1 Å². The fraction of sp³-hybridized carbons (Fsp3) is 0.895. The van der Waals surface area contributed by atoms with Gasteiger partial charge in [0.2, 0.25) is 6.41 Å². The SMILES string of the molecule is CCC(C(O)C(=O)NCC1CCCCC1)N(C=O)C1CCCCC1. The molecule has 0 saturated heterocycles. The van der Waals surface area contributed by atoms with Crippen molar-refractivity contribution in [1.29, 1.82) is 0 Å². The van der Waals surface area contributed by atoms with Gasteiger partial charge in [-0.1, -0.05) is 45.4 Å². The van der Waals surface area contributed by atoms with Gasteiger partial charge in [-0.05, 0) is 38.0 Å². The Bertz CT molecular complexity index is 390. The van der Waals surface area contributed by atoms with E-state index in [-0.39, 0.29) is 11.9 Å². The number of nitrogens with one attached hydrogen (secondary N) is 1. The highest BCUT2D eigenvalue weighted by atomic mass is 16.3. The van der Waals surface area contributed by atoms with Crippen LogP contribution < -0.4 is 5.32 Å². The molecule has 5 nitrogen and oxygen atoms in total. The summed E-state index contributed by atoms with van der Waals surface area (Å²) in [5.41, 5.74) is 0. The molecule has 138 valence electrons. The summed E-state index contributed by atoms with van der Waals surface area (Å²) in [4.78, 5) is 25.7. The Labute approximate surface area is 146 Å². The Hall–Kier alpha value is -1.10. The summed E-state index contributed by atoms with van der Waals surface area (Å²) in [6.45, 7) is 2.58. The normalized spacial score (nSPS) is 22.6. The van der Waals surface area contributed by atoms with E-state index in [0.29, 0.717) is 18.9 Å². The number of hydrogen-bond acceptors (Lipinski definition) is 3. The van der Waals surface area contributed by atoms with Gasteiger partial charge in [0.05, 0.1) is 6.04 Å². The summed E-state index contributed by atoms with van der Waals surface area (Å²) >= 11 is 0. The molecule has 2 unspecified atom stereocenters. The lowest BCUT2D eigenvalue weighted by Crippen LogP contribution is -2.54. The zero-order chi connectivity index (χ0) is 17.4. The van der Waals surface area contributed by atoms with Crippen molar-refractivity contribution in [2.24, 2.45) is 5.92 Å². The summed E-state index contributed by atoms with van der Waals surface area (Å²) in [5, 5.41) is 13.4. The van der Waals surface area contributed by atoms with Crippen LogP contribution in [0.1, 0.15) is 77.6 Å². The third kappa shape index (κ3) is 5.20. The topological polar surface area (TPSA) is 69.6 Å². The van der Waals surface area contributed by atoms with Gasteiger partial charge in [0, 0.05) is 12.6 Å². The molecule has 5 heteroatoms. The predicted molar refractivity (Wildman–Crippen MR) is 94.4 cm³/mol. The predicted octanol–water partition coefficient (Wildman–Crippen LogP) is 2.61. The monoisotopic (exact) mass is 338 g/mol. The van der Waals surface area contributed by atoms with Crippen molar-refractivity contribution in [2.45, 2.75) is 95.7 Å². The first-order valence-electron chi connectivity index (χ1n) is 9.85. The van der Waals surface area contributed by atoms with Gasteiger partial charge in [-0.15, -0.1) is 0 Å². The van der Waals surface area contributed by atoms with Gasteiger partial charge in [-0.2, -0.15) is 0 Å². The Kier molecular flexibility index (Phi) is 8.03. The number of carbonyl (C=O) groups excluding carboxylic acids is 2. The second kappa shape index (κ2) is 10.0. The van der Waals surface area contributed by atoms with Crippen molar-refractivity contribution in [3.8, 4) is 0 Å². The van der Waals surface area contributed by atoms with E-state index in [4.69, 9.17) is 0 Å². The molecule has 2 saturated carbocycles. The molecule has 2 fully saturated rings. The third-order valence-corrected chi connectivity index (χ3v) is 5.84. The highest BCUT2D eigenvalue weighted by Gasteiger charge is 2.33. The molecule has 24 heavy (non-hydrogen) atoms. The van der Waals surface area contributed by atoms with Crippen LogP contribution in [0.15, 0.2) is 0 Å². The van der Waals surface area contributed by atoms with Crippen LogP contribution in [0.2, 0.25) is 0 Å². The molecule has 0 aromatic rings. The van der Waals surface area contributed by atoms with Crippen molar-refractivity contribution in [3.05, 3.63) is 0 Å². The lowest BCUT2D eigenvalue weighted by atomic mass is 9.89. The minimum atomic E-state index is -1.13. The van der Waals surface area contributed by atoms with E-state index in [1.54, 1.807) is 4.90 Å². The molecular weight excluding hydrogens is 304 g/mol. The summed E-state index contributed by atoms with van der Waals surface area (Å²) in [7, 11) is 0. The smallest absolute Gasteiger partial charge is 0.251 e. The molecule has 0 aromatic carbocycles. The Morgan fingerprint density at radius 2 is 1.71 bits per heavy atom. The molecule has 2 amide bonds. The van der Waals surface area contributed by atoms with E-state index in [2.05, 4.69) is 5.32 Å². The third-order valence-electron chi connectivity index (χ3n) is 5.84. The van der Waals surface area contributed by atoms with Crippen LogP contribution in [0.3, 0.4) is 0 Å². The van der Waals surface area contributed by atoms with Crippen molar-refractivity contribution in [2.75, 3.05) is 6.54 Å². The zero-order valence-electron chi connectivity index (χ0n) is 15.1. The molecule has 2 atom stereocenters. The summed E-state index contributed by atoms with van der Waals surface area (Å²) in [6, 6.07) is -0.251. The van der Waals surface area contributed by atoms with Gasteiger partial charge in [0.1, 0.15) is 0 Å². The van der Waals surface area contributed by atoms with Crippen molar-refractivity contribution in [1.82, 2.24) is 10.2 Å². The maximum absolute atomic E-state index is 12.4. The van der Waals surface area contributed by atoms with Gasteiger partial charge < -0.3 is 15.3 Å². The summed E-state index contributed by atoms with van der Waals surface area (Å²) in [5.74, 6) is 0.213. The summed E-state index contributed by atoms with van der Waals surface area (Å²) in [6.07, 6.45) is 11.8. The second-order valence-corrected chi connectivity index (χ2v) is 7.51. The fourth-order valence-corrected chi connectivity index (χ4v) is 4.33. The van der Waals surface area contributed by atoms with E-state index >= 15 is 0 Å². The van der Waals surface area contributed by atoms with Gasteiger partial charge in [-0.25, -0.2) is 0 Å². The number of rotatable bonds is 8. The molecule has 2 aliphatic rings. The highest BCUT2D eigenvalue weighted by molar-refractivity contribution is 5.81. The maximum Gasteiger partial charge on any atom is 0.251 e. The van der Waals surface area contributed by atoms with Crippen LogP contribution in [0.4, 0.5) is 0 Å². The van der Waals surface area contributed by atoms with Crippen molar-refractivity contribution >= 4 is 12.3 Å². The molecule has 0 bridgehead atoms. The molecule has 2 aliphatic carbocycles. The number of hydrogen-bond donors (Lipinski definition) is 2. The number of amides is 2. The first-order chi connectivity index (χ1) is 11.7. The molecule has 2 rings (SSSR count). The molecule has 0 radical (unpaired) electrons. The molecule has 0 aliphatic heterocycles. The number of carbonyl (C=O) groups is 2. The standard InChI is InChI=1S/C19H34N2O3/c1-2-17(21(14-22)16-11-7-4-8-12-16)18(23)19(24)20-13-15-9-5-3-6-10-15/h14-18,23H,2-13H2,1H3,(H,20,24). The fourth-order valence-electron chi connectivity index (χ4n) is 4.33. The van der Waals surface area contributed by atoms with Crippen LogP contribution >= 0.6 is 0 Å². The molecular formula is C19H34N2O3. The number of aliphatic hydroxyl groups is 1. The lowest BCUT2D eigenvalue weighted by molar-refractivity contribution is -0.138. The van der Waals surface area contributed by atoms with E-state index in [9.17, 15) is 14.7 Å². The number of aliphatic hydroxyl groups excluding tert-OH is 1. The maximum atomic E-state index is 12.4. The average molecular weight is 338 g/mol. The van der Waals surface area contributed by atoms with E-state index < -0.39 is 12.1 Å². The second-order valence-electron chi connectivity index (χ2n) is 7.51. The van der Waals surface area contributed by atoms with E-state index in [0.717, 1.165) is 44.9 Å². The lowest BCUT2D eigenvalue weighted by Gasteiger charge is -2.38. The van der Waals surface area contributed by atoms with Crippen LogP contribution in [0.5, 0.6) is 0 Å². The Morgan fingerprint density at radius 3 is 2.25 bits per heavy atom. The first-order valence-corrected chi connectivity index (χ1v) is 9.85. The average Bonchev–Trinajstić information content (AvgIpc) is 2.65. The summed E-state index contributed by atoms with van der Waals surface area (Å²) < 4.78 is 0. The zero-order valence-corrected chi connectivity index (χ0v) is 15.1. The molecule has 0 heterocycles. The van der Waals surface area contributed by atoms with Gasteiger partial charge in [0.25, 0.3) is 5.91 Å².